The molecular formula is C28H22F4NO3S+. The van der Waals surface area contributed by atoms with Crippen molar-refractivity contribution in [2.45, 2.75) is 17.5 Å². The lowest BCUT2D eigenvalue weighted by molar-refractivity contribution is -0.115. The Labute approximate surface area is 214 Å². The number of ether oxygens (including phenoxy) is 1. The van der Waals surface area contributed by atoms with Crippen LogP contribution in [0.2, 0.25) is 0 Å². The number of anilines is 1. The second kappa shape index (κ2) is 11.5. The molecule has 1 amide bonds. The first kappa shape index (κ1) is 26.2. The highest BCUT2D eigenvalue weighted by Gasteiger charge is 2.40. The number of hydrogen-bond acceptors (Lipinski definition) is 3. The summed E-state index contributed by atoms with van der Waals surface area (Å²) in [6.45, 7) is 0. The third-order valence-electron chi connectivity index (χ3n) is 5.23. The molecule has 0 aliphatic heterocycles. The zero-order valence-electron chi connectivity index (χ0n) is 19.3. The number of halogens is 4. The summed E-state index contributed by atoms with van der Waals surface area (Å²) in [5, 5.41) is 2.79. The Morgan fingerprint density at radius 2 is 1.62 bits per heavy atom. The first-order valence-electron chi connectivity index (χ1n) is 11.1. The van der Waals surface area contributed by atoms with Crippen molar-refractivity contribution in [1.82, 2.24) is 0 Å². The molecule has 2 N–H and O–H groups in total. The maximum absolute atomic E-state index is 13.7. The van der Waals surface area contributed by atoms with Crippen molar-refractivity contribution < 1.29 is 31.6 Å². The van der Waals surface area contributed by atoms with Gasteiger partial charge >= 0.3 is 6.18 Å². The zero-order valence-corrected chi connectivity index (χ0v) is 20.2. The van der Waals surface area contributed by atoms with Gasteiger partial charge in [0, 0.05) is 23.4 Å². The van der Waals surface area contributed by atoms with E-state index in [0.29, 0.717) is 22.7 Å². The predicted molar refractivity (Wildman–Crippen MR) is 136 cm³/mol. The van der Waals surface area contributed by atoms with Gasteiger partial charge in [-0.25, -0.2) is 4.39 Å². The first-order valence-corrected chi connectivity index (χ1v) is 12.5. The minimum Gasteiger partial charge on any atom is -0.457 e. The van der Waals surface area contributed by atoms with Crippen molar-refractivity contribution in [2.24, 2.45) is 0 Å². The Balaban J connectivity index is 1.49. The van der Waals surface area contributed by atoms with Gasteiger partial charge in [0.1, 0.15) is 17.3 Å². The van der Waals surface area contributed by atoms with Crippen molar-refractivity contribution in [2.75, 3.05) is 11.1 Å². The van der Waals surface area contributed by atoms with E-state index in [-0.39, 0.29) is 17.2 Å². The summed E-state index contributed by atoms with van der Waals surface area (Å²) in [6.07, 6.45) is -4.50. The summed E-state index contributed by atoms with van der Waals surface area (Å²) in [5.41, 5.74) is 2.65. The number of hydrogen-bond donors (Lipinski definition) is 2. The number of rotatable bonds is 8. The molecule has 37 heavy (non-hydrogen) atoms. The van der Waals surface area contributed by atoms with Crippen LogP contribution in [0.4, 0.5) is 23.2 Å². The second-order valence-electron chi connectivity index (χ2n) is 8.13. The van der Waals surface area contributed by atoms with Crippen LogP contribution in [0.15, 0.2) is 102 Å². The number of carbonyl (C=O) groups excluding carboxylic acids is 1. The average molecular weight is 529 g/mol. The third kappa shape index (κ3) is 7.58. The van der Waals surface area contributed by atoms with Crippen LogP contribution in [0.5, 0.6) is 11.5 Å². The number of benzene rings is 4. The Bertz CT molecular complexity index is 1360. The highest BCUT2D eigenvalue weighted by atomic mass is 32.2. The van der Waals surface area contributed by atoms with E-state index in [0.717, 1.165) is 11.1 Å². The molecule has 0 saturated carbocycles. The van der Waals surface area contributed by atoms with Crippen LogP contribution in [0.1, 0.15) is 5.56 Å². The number of nitrogens with one attached hydrogen (secondary N) is 1. The molecule has 4 aromatic carbocycles. The maximum atomic E-state index is 13.7. The predicted octanol–water partition coefficient (Wildman–Crippen LogP) is 7.48. The van der Waals surface area contributed by atoms with Crippen molar-refractivity contribution >= 4 is 22.8 Å². The molecule has 4 aromatic rings. The van der Waals surface area contributed by atoms with Crippen LogP contribution < -0.4 is 10.1 Å². The van der Waals surface area contributed by atoms with E-state index >= 15 is 0 Å². The van der Waals surface area contributed by atoms with Crippen LogP contribution in [-0.4, -0.2) is 22.4 Å². The largest absolute Gasteiger partial charge is 0.457 e. The Kier molecular flexibility index (Phi) is 8.15. The first-order chi connectivity index (χ1) is 17.7. The van der Waals surface area contributed by atoms with E-state index in [9.17, 15) is 26.9 Å². The van der Waals surface area contributed by atoms with Crippen molar-refractivity contribution in [3.8, 4) is 22.6 Å². The molecule has 0 heterocycles. The summed E-state index contributed by atoms with van der Waals surface area (Å²) in [7, 11) is 0. The van der Waals surface area contributed by atoms with Crippen LogP contribution in [0.25, 0.3) is 11.1 Å². The Morgan fingerprint density at radius 3 is 2.30 bits per heavy atom. The standard InChI is InChI=1S/C28H21F4NO3S/c29-21-7-4-8-23(16-21)36-26-17-22(11-14-25(26)20-5-2-1-3-6-20)33-27(34)15-19-9-12-24(13-10-19)37(35)18-28(30,31)32/h1-14,16-17,35H,15,18H2/p+1. The van der Waals surface area contributed by atoms with Crippen molar-refractivity contribution in [3.63, 3.8) is 0 Å². The summed E-state index contributed by atoms with van der Waals surface area (Å²) < 4.78 is 66.9. The van der Waals surface area contributed by atoms with E-state index in [1.54, 1.807) is 24.3 Å². The third-order valence-corrected chi connectivity index (χ3v) is 6.65. The number of carbonyl (C=O) groups is 1. The number of alkyl halides is 3. The van der Waals surface area contributed by atoms with Crippen LogP contribution >= 0.6 is 0 Å². The monoisotopic (exact) mass is 528 g/mol. The van der Waals surface area contributed by atoms with Gasteiger partial charge in [0.2, 0.25) is 11.7 Å². The fourth-order valence-electron chi connectivity index (χ4n) is 3.59. The van der Waals surface area contributed by atoms with Gasteiger partial charge < -0.3 is 10.1 Å². The topological polar surface area (TPSA) is 58.6 Å². The van der Waals surface area contributed by atoms with E-state index < -0.39 is 28.9 Å². The van der Waals surface area contributed by atoms with Gasteiger partial charge in [-0.15, -0.1) is 0 Å². The van der Waals surface area contributed by atoms with Crippen LogP contribution in [0, 0.1) is 5.82 Å². The minimum atomic E-state index is -4.47. The van der Waals surface area contributed by atoms with E-state index in [1.807, 2.05) is 30.3 Å². The quantitative estimate of drug-likeness (QED) is 0.184. The van der Waals surface area contributed by atoms with Gasteiger partial charge in [-0.1, -0.05) is 48.5 Å². The van der Waals surface area contributed by atoms with Gasteiger partial charge in [0.15, 0.2) is 16.1 Å². The molecule has 0 aliphatic carbocycles. The smallest absolute Gasteiger partial charge is 0.437 e. The lowest BCUT2D eigenvalue weighted by Crippen LogP contribution is -2.22. The van der Waals surface area contributed by atoms with Crippen LogP contribution in [0.3, 0.4) is 0 Å². The molecule has 0 spiro atoms. The Hall–Kier alpha value is -3.82. The lowest BCUT2D eigenvalue weighted by Gasteiger charge is -2.14. The van der Waals surface area contributed by atoms with Gasteiger partial charge in [0.05, 0.1) is 6.42 Å². The molecule has 0 radical (unpaired) electrons. The molecular weight excluding hydrogens is 506 g/mol. The fourth-order valence-corrected chi connectivity index (χ4v) is 4.52. The highest BCUT2D eigenvalue weighted by molar-refractivity contribution is 7.91. The molecule has 0 saturated heterocycles. The molecule has 0 bridgehead atoms. The summed E-state index contributed by atoms with van der Waals surface area (Å²) >= 11 is -1.96. The highest BCUT2D eigenvalue weighted by Crippen LogP contribution is 2.36. The summed E-state index contributed by atoms with van der Waals surface area (Å²) in [4.78, 5) is 12.8. The molecule has 190 valence electrons. The normalized spacial score (nSPS) is 12.1. The molecule has 9 heteroatoms. The maximum Gasteiger partial charge on any atom is 0.437 e. The SMILES string of the molecule is O=C(Cc1ccc([S+](O)CC(F)(F)F)cc1)Nc1ccc(-c2ccccc2)c(Oc2cccc(F)c2)c1. The van der Waals surface area contributed by atoms with E-state index in [1.165, 1.54) is 42.5 Å². The van der Waals surface area contributed by atoms with Gasteiger partial charge in [0.25, 0.3) is 0 Å². The molecule has 1 unspecified atom stereocenters. The van der Waals surface area contributed by atoms with Crippen molar-refractivity contribution in [1.29, 1.82) is 0 Å². The lowest BCUT2D eigenvalue weighted by atomic mass is 10.0. The summed E-state index contributed by atoms with van der Waals surface area (Å²) in [6, 6.07) is 26.1. The molecule has 4 rings (SSSR count). The van der Waals surface area contributed by atoms with Gasteiger partial charge in [-0.2, -0.15) is 17.7 Å². The molecule has 4 nitrogen and oxygen atoms in total. The molecule has 0 fully saturated rings. The van der Waals surface area contributed by atoms with E-state index in [4.69, 9.17) is 4.74 Å². The fraction of sp³-hybridized carbons (Fsp3) is 0.107. The average Bonchev–Trinajstić information content (AvgIpc) is 2.84. The Morgan fingerprint density at radius 1 is 0.892 bits per heavy atom. The van der Waals surface area contributed by atoms with Crippen LogP contribution in [-0.2, 0) is 22.4 Å². The molecule has 1 atom stereocenters. The van der Waals surface area contributed by atoms with Crippen molar-refractivity contribution in [3.05, 3.63) is 108 Å². The van der Waals surface area contributed by atoms with E-state index in [2.05, 4.69) is 5.32 Å². The number of amides is 1. The van der Waals surface area contributed by atoms with Gasteiger partial charge in [-0.05, 0) is 47.5 Å². The van der Waals surface area contributed by atoms with Gasteiger partial charge in [-0.3, -0.25) is 4.79 Å². The molecule has 0 aromatic heterocycles. The second-order valence-corrected chi connectivity index (χ2v) is 9.62. The zero-order chi connectivity index (χ0) is 26.4. The summed E-state index contributed by atoms with van der Waals surface area (Å²) in [5.74, 6) is -1.39. The minimum absolute atomic E-state index is 0.0285. The molecule has 0 aliphatic rings.